The summed E-state index contributed by atoms with van der Waals surface area (Å²) in [4.78, 5) is 29.5. The Labute approximate surface area is 272 Å². The van der Waals surface area contributed by atoms with E-state index in [9.17, 15) is 19.8 Å². The molecule has 0 spiro atoms. The first kappa shape index (κ1) is 33.8. The highest BCUT2D eigenvalue weighted by Gasteiger charge is 2.43. The number of benzene rings is 2. The number of piperidine rings is 1. The first-order valence-electron chi connectivity index (χ1n) is 17.1. The third kappa shape index (κ3) is 8.62. The number of para-hydroxylation sites is 1. The van der Waals surface area contributed by atoms with Crippen LogP contribution in [-0.2, 0) is 16.8 Å². The third-order valence-electron chi connectivity index (χ3n) is 10.1. The molecule has 3 aromatic rings. The van der Waals surface area contributed by atoms with E-state index in [1.54, 1.807) is 13.4 Å². The van der Waals surface area contributed by atoms with Crippen molar-refractivity contribution in [3.05, 3.63) is 72.0 Å². The maximum absolute atomic E-state index is 13.9. The van der Waals surface area contributed by atoms with Crippen LogP contribution >= 0.6 is 0 Å². The standard InChI is InChI=1S/C37H51N3O6/c1-45-23-8-7-20-37(44,33-17-9-15-30-19-24-46-34(30)33)31-16-10-21-39(26-31)35(41)38-32(25-29-13-5-6-14-29)27-40(36(42)43)22-18-28-11-3-2-4-12-28/h2-4,9,11-12,15,17,19,24,29,31-32,44H,5-8,10,13-14,16,18,20-23,25-27H2,1H3,(H,38,41)(H,42,43)/t31-,32+,37+/m1/s1. The number of amides is 3. The maximum atomic E-state index is 13.9. The van der Waals surface area contributed by atoms with E-state index < -0.39 is 11.7 Å². The highest BCUT2D eigenvalue weighted by Crippen LogP contribution is 2.42. The van der Waals surface area contributed by atoms with Crippen molar-refractivity contribution in [1.82, 2.24) is 15.1 Å². The molecule has 1 aromatic heterocycles. The number of urea groups is 1. The predicted octanol–water partition coefficient (Wildman–Crippen LogP) is 7.03. The number of fused-ring (bicyclic) bond motifs is 1. The number of hydrogen-bond donors (Lipinski definition) is 3. The minimum absolute atomic E-state index is 0.181. The van der Waals surface area contributed by atoms with E-state index >= 15 is 0 Å². The molecule has 1 saturated carbocycles. The van der Waals surface area contributed by atoms with Gasteiger partial charge in [0.05, 0.1) is 11.9 Å². The Morgan fingerprint density at radius 3 is 2.63 bits per heavy atom. The Morgan fingerprint density at radius 2 is 1.87 bits per heavy atom. The van der Waals surface area contributed by atoms with Gasteiger partial charge >= 0.3 is 12.1 Å². The minimum Gasteiger partial charge on any atom is -0.465 e. The molecule has 1 aliphatic carbocycles. The zero-order valence-corrected chi connectivity index (χ0v) is 27.2. The van der Waals surface area contributed by atoms with Gasteiger partial charge in [0.2, 0.25) is 0 Å². The van der Waals surface area contributed by atoms with Crippen LogP contribution in [0.5, 0.6) is 0 Å². The van der Waals surface area contributed by atoms with Crippen LogP contribution in [0, 0.1) is 11.8 Å². The average Bonchev–Trinajstić information content (AvgIpc) is 3.77. The summed E-state index contributed by atoms with van der Waals surface area (Å²) < 4.78 is 11.2. The molecule has 9 heteroatoms. The Balaban J connectivity index is 1.30. The van der Waals surface area contributed by atoms with E-state index in [0.717, 1.165) is 61.5 Å². The second-order valence-corrected chi connectivity index (χ2v) is 13.3. The van der Waals surface area contributed by atoms with Crippen molar-refractivity contribution in [1.29, 1.82) is 0 Å². The van der Waals surface area contributed by atoms with E-state index in [4.69, 9.17) is 9.15 Å². The average molecular weight is 634 g/mol. The van der Waals surface area contributed by atoms with Crippen LogP contribution in [-0.4, -0.2) is 78.1 Å². The number of carboxylic acid groups (broad SMARTS) is 1. The normalized spacial score (nSPS) is 19.2. The van der Waals surface area contributed by atoms with Gasteiger partial charge in [-0.05, 0) is 62.5 Å². The summed E-state index contributed by atoms with van der Waals surface area (Å²) in [7, 11) is 1.69. The van der Waals surface area contributed by atoms with Crippen molar-refractivity contribution in [2.24, 2.45) is 11.8 Å². The lowest BCUT2D eigenvalue weighted by molar-refractivity contribution is -0.0558. The van der Waals surface area contributed by atoms with E-state index in [-0.39, 0.29) is 24.5 Å². The fourth-order valence-electron chi connectivity index (χ4n) is 7.62. The summed E-state index contributed by atoms with van der Waals surface area (Å²) in [5.41, 5.74) is 1.38. The van der Waals surface area contributed by atoms with E-state index in [2.05, 4.69) is 5.32 Å². The summed E-state index contributed by atoms with van der Waals surface area (Å²) in [6.45, 7) is 2.26. The fourth-order valence-corrected chi connectivity index (χ4v) is 7.62. The van der Waals surface area contributed by atoms with Crippen molar-refractivity contribution < 1.29 is 29.0 Å². The number of carbonyl (C=O) groups is 2. The molecule has 3 amide bonds. The molecule has 3 N–H and O–H groups in total. The number of nitrogens with one attached hydrogen (secondary N) is 1. The van der Waals surface area contributed by atoms with Gasteiger partial charge in [0.1, 0.15) is 5.58 Å². The van der Waals surface area contributed by atoms with Crippen LogP contribution in [0.3, 0.4) is 0 Å². The summed E-state index contributed by atoms with van der Waals surface area (Å²) in [5.74, 6) is 0.301. The van der Waals surface area contributed by atoms with E-state index in [1.807, 2.05) is 59.5 Å². The Morgan fingerprint density at radius 1 is 1.07 bits per heavy atom. The van der Waals surface area contributed by atoms with Crippen molar-refractivity contribution >= 4 is 23.1 Å². The molecule has 2 aromatic carbocycles. The number of ether oxygens (including phenoxy) is 1. The van der Waals surface area contributed by atoms with Gasteiger partial charge in [-0.3, -0.25) is 0 Å². The minimum atomic E-state index is -1.18. The SMILES string of the molecule is COCCCC[C@@](O)(c1cccc2ccoc12)[C@@H]1CCCN(C(=O)N[C@@H](CC2CCCC2)CN(CCc2ccccc2)C(=O)O)C1. The topological polar surface area (TPSA) is 115 Å². The van der Waals surface area contributed by atoms with Gasteiger partial charge in [-0.2, -0.15) is 0 Å². The zero-order chi connectivity index (χ0) is 32.4. The van der Waals surface area contributed by atoms with E-state index in [0.29, 0.717) is 50.6 Å². The largest absolute Gasteiger partial charge is 0.465 e. The molecule has 2 aliphatic rings. The van der Waals surface area contributed by atoms with Gasteiger partial charge in [-0.15, -0.1) is 0 Å². The molecule has 46 heavy (non-hydrogen) atoms. The molecule has 2 fully saturated rings. The second-order valence-electron chi connectivity index (χ2n) is 13.3. The third-order valence-corrected chi connectivity index (χ3v) is 10.1. The molecule has 1 saturated heterocycles. The van der Waals surface area contributed by atoms with Crippen LogP contribution in [0.4, 0.5) is 9.59 Å². The number of methoxy groups -OCH3 is 1. The monoisotopic (exact) mass is 633 g/mol. The molecule has 2 heterocycles. The number of furan rings is 1. The van der Waals surface area contributed by atoms with Gasteiger partial charge in [0.15, 0.2) is 0 Å². The predicted molar refractivity (Wildman–Crippen MR) is 179 cm³/mol. The number of hydrogen-bond acceptors (Lipinski definition) is 5. The van der Waals surface area contributed by atoms with E-state index in [1.165, 1.54) is 17.7 Å². The fraction of sp³-hybridized carbons (Fsp3) is 0.568. The van der Waals surface area contributed by atoms with Crippen LogP contribution in [0.25, 0.3) is 11.0 Å². The molecular weight excluding hydrogens is 582 g/mol. The molecule has 0 radical (unpaired) electrons. The van der Waals surface area contributed by atoms with Crippen LogP contribution in [0.15, 0.2) is 65.3 Å². The summed E-state index contributed by atoms with van der Waals surface area (Å²) in [6.07, 6.45) is 10.4. The number of aliphatic hydroxyl groups is 1. The summed E-state index contributed by atoms with van der Waals surface area (Å²) in [5, 5.41) is 26.8. The highest BCUT2D eigenvalue weighted by atomic mass is 16.5. The molecule has 5 rings (SSSR count). The number of carbonyl (C=O) groups excluding carboxylic acids is 1. The molecule has 9 nitrogen and oxygen atoms in total. The lowest BCUT2D eigenvalue weighted by atomic mass is 9.73. The molecule has 3 atom stereocenters. The lowest BCUT2D eigenvalue weighted by Gasteiger charge is -2.43. The molecular formula is C37H51N3O6. The number of unbranched alkanes of at least 4 members (excludes halogenated alkanes) is 1. The molecule has 250 valence electrons. The second kappa shape index (κ2) is 16.3. The number of likely N-dealkylation sites (tertiary alicyclic amines) is 1. The zero-order valence-electron chi connectivity index (χ0n) is 27.2. The van der Waals surface area contributed by atoms with Crippen LogP contribution < -0.4 is 5.32 Å². The quantitative estimate of drug-likeness (QED) is 0.155. The molecule has 1 aliphatic heterocycles. The van der Waals surface area contributed by atoms with Crippen LogP contribution in [0.1, 0.15) is 75.3 Å². The summed E-state index contributed by atoms with van der Waals surface area (Å²) in [6, 6.07) is 17.2. The van der Waals surface area contributed by atoms with Gasteiger partial charge in [-0.25, -0.2) is 9.59 Å². The molecule has 0 unspecified atom stereocenters. The Bertz CT molecular complexity index is 1390. The smallest absolute Gasteiger partial charge is 0.407 e. The van der Waals surface area contributed by atoms with Crippen molar-refractivity contribution in [3.63, 3.8) is 0 Å². The van der Waals surface area contributed by atoms with Crippen molar-refractivity contribution in [3.8, 4) is 0 Å². The summed E-state index contributed by atoms with van der Waals surface area (Å²) >= 11 is 0. The van der Waals surface area contributed by atoms with Gasteiger partial charge in [-0.1, -0.05) is 74.2 Å². The van der Waals surface area contributed by atoms with Gasteiger partial charge < -0.3 is 34.5 Å². The lowest BCUT2D eigenvalue weighted by Crippen LogP contribution is -2.54. The molecule has 0 bridgehead atoms. The van der Waals surface area contributed by atoms with Crippen molar-refractivity contribution in [2.75, 3.05) is 39.9 Å². The van der Waals surface area contributed by atoms with Crippen molar-refractivity contribution in [2.45, 2.75) is 82.3 Å². The number of nitrogens with zero attached hydrogens (tertiary/aromatic N) is 2. The maximum Gasteiger partial charge on any atom is 0.407 e. The Kier molecular flexibility index (Phi) is 12.0. The van der Waals surface area contributed by atoms with Gasteiger partial charge in [0.25, 0.3) is 0 Å². The van der Waals surface area contributed by atoms with Gasteiger partial charge in [0, 0.05) is 62.8 Å². The first-order chi connectivity index (χ1) is 22.4. The number of rotatable bonds is 15. The first-order valence-corrected chi connectivity index (χ1v) is 17.1. The Hall–Kier alpha value is -3.56. The highest BCUT2D eigenvalue weighted by molar-refractivity contribution is 5.81. The van der Waals surface area contributed by atoms with Crippen LogP contribution in [0.2, 0.25) is 0 Å².